The summed E-state index contributed by atoms with van der Waals surface area (Å²) in [6.07, 6.45) is 0. The summed E-state index contributed by atoms with van der Waals surface area (Å²) in [6, 6.07) is -0.376. The van der Waals surface area contributed by atoms with Crippen molar-refractivity contribution in [2.24, 2.45) is 0 Å². The van der Waals surface area contributed by atoms with E-state index in [1.54, 1.807) is 20.9 Å². The predicted octanol–water partition coefficient (Wildman–Crippen LogP) is 0.260. The van der Waals surface area contributed by atoms with Gasteiger partial charge >= 0.3 is 0 Å². The molecule has 2 atom stereocenters. The van der Waals surface area contributed by atoms with Crippen LogP contribution in [0.25, 0.3) is 0 Å². The van der Waals surface area contributed by atoms with Gasteiger partial charge in [0.2, 0.25) is 11.8 Å². The van der Waals surface area contributed by atoms with Gasteiger partial charge in [-0.05, 0) is 13.8 Å². The zero-order valence-electron chi connectivity index (χ0n) is 7.95. The van der Waals surface area contributed by atoms with Crippen molar-refractivity contribution in [2.75, 3.05) is 13.7 Å². The molecule has 0 radical (unpaired) electrons. The highest BCUT2D eigenvalue weighted by molar-refractivity contribution is 6.30. The summed E-state index contributed by atoms with van der Waals surface area (Å²) in [7, 11) is 1.67. The van der Waals surface area contributed by atoms with E-state index in [2.05, 4.69) is 0 Å². The van der Waals surface area contributed by atoms with E-state index in [-0.39, 0.29) is 17.9 Å². The summed E-state index contributed by atoms with van der Waals surface area (Å²) in [4.78, 5) is 25.8. The molecule has 0 aromatic rings. The Bertz CT molecular complexity index is 242. The predicted molar refractivity (Wildman–Crippen MR) is 49.3 cm³/mol. The first-order valence-corrected chi connectivity index (χ1v) is 4.58. The Labute approximate surface area is 82.4 Å². The van der Waals surface area contributed by atoms with Gasteiger partial charge in [-0.15, -0.1) is 11.6 Å². The van der Waals surface area contributed by atoms with Crippen LogP contribution in [-0.2, 0) is 9.59 Å². The molecule has 2 unspecified atom stereocenters. The second kappa shape index (κ2) is 3.54. The highest BCUT2D eigenvalue weighted by atomic mass is 35.5. The van der Waals surface area contributed by atoms with E-state index in [1.165, 1.54) is 9.80 Å². The molecule has 1 fully saturated rings. The van der Waals surface area contributed by atoms with E-state index in [1.807, 2.05) is 0 Å². The Kier molecular flexibility index (Phi) is 2.81. The molecule has 1 saturated heterocycles. The fraction of sp³-hybridized carbons (Fsp3) is 0.750. The molecule has 0 spiro atoms. The molecule has 0 aromatic heterocycles. The van der Waals surface area contributed by atoms with Crippen LogP contribution in [0.2, 0.25) is 0 Å². The molecule has 0 aliphatic carbocycles. The lowest BCUT2D eigenvalue weighted by atomic mass is 10.3. The van der Waals surface area contributed by atoms with Gasteiger partial charge in [-0.25, -0.2) is 0 Å². The van der Waals surface area contributed by atoms with Crippen LogP contribution in [-0.4, -0.2) is 46.7 Å². The Balaban J connectivity index is 2.74. The molecule has 1 aliphatic heterocycles. The molecule has 1 heterocycles. The summed E-state index contributed by atoms with van der Waals surface area (Å²) in [5, 5.41) is -0.568. The number of halogens is 1. The number of carbonyl (C=O) groups is 2. The van der Waals surface area contributed by atoms with Crippen molar-refractivity contribution in [2.45, 2.75) is 25.3 Å². The van der Waals surface area contributed by atoms with Crippen LogP contribution in [0.5, 0.6) is 0 Å². The van der Waals surface area contributed by atoms with Crippen molar-refractivity contribution in [1.82, 2.24) is 9.80 Å². The first kappa shape index (κ1) is 10.3. The van der Waals surface area contributed by atoms with Crippen molar-refractivity contribution in [3.05, 3.63) is 0 Å². The lowest BCUT2D eigenvalue weighted by Gasteiger charge is -2.19. The quantitative estimate of drug-likeness (QED) is 0.575. The molecule has 1 aliphatic rings. The third kappa shape index (κ3) is 1.77. The molecule has 0 N–H and O–H groups in total. The largest absolute Gasteiger partial charge is 0.326 e. The molecular formula is C8H13ClN2O2. The standard InChI is InChI=1S/C8H13ClN2O2/c1-5(9)7(12)11-4-10(3)8(13)6(11)2/h5-6H,4H2,1-3H3. The van der Waals surface area contributed by atoms with Crippen molar-refractivity contribution >= 4 is 23.4 Å². The normalized spacial score (nSPS) is 25.2. The van der Waals surface area contributed by atoms with Crippen LogP contribution in [0, 0.1) is 0 Å². The van der Waals surface area contributed by atoms with Crippen LogP contribution in [0.1, 0.15) is 13.8 Å². The Morgan fingerprint density at radius 2 is 2.23 bits per heavy atom. The van der Waals surface area contributed by atoms with Gasteiger partial charge in [0.25, 0.3) is 0 Å². The summed E-state index contributed by atoms with van der Waals surface area (Å²) < 4.78 is 0. The van der Waals surface area contributed by atoms with E-state index in [9.17, 15) is 9.59 Å². The van der Waals surface area contributed by atoms with Crippen LogP contribution in [0.3, 0.4) is 0 Å². The van der Waals surface area contributed by atoms with Crippen molar-refractivity contribution in [1.29, 1.82) is 0 Å². The van der Waals surface area contributed by atoms with Crippen molar-refractivity contribution < 1.29 is 9.59 Å². The van der Waals surface area contributed by atoms with Crippen LogP contribution in [0.15, 0.2) is 0 Å². The highest BCUT2D eigenvalue weighted by Crippen LogP contribution is 2.15. The number of rotatable bonds is 1. The SMILES string of the molecule is CC(Cl)C(=O)N1CN(C)C(=O)C1C. The molecule has 1 rings (SSSR count). The number of hydrogen-bond acceptors (Lipinski definition) is 2. The van der Waals surface area contributed by atoms with Gasteiger partial charge in [0, 0.05) is 7.05 Å². The topological polar surface area (TPSA) is 40.6 Å². The van der Waals surface area contributed by atoms with Gasteiger partial charge < -0.3 is 9.80 Å². The van der Waals surface area contributed by atoms with E-state index >= 15 is 0 Å². The van der Waals surface area contributed by atoms with Crippen molar-refractivity contribution in [3.63, 3.8) is 0 Å². The molecule has 0 saturated carbocycles. The fourth-order valence-electron chi connectivity index (χ4n) is 1.36. The number of hydrogen-bond donors (Lipinski definition) is 0. The number of likely N-dealkylation sites (N-methyl/N-ethyl adjacent to an activating group) is 1. The maximum absolute atomic E-state index is 11.5. The molecule has 2 amide bonds. The molecule has 0 aromatic carbocycles. The van der Waals surface area contributed by atoms with E-state index < -0.39 is 5.38 Å². The van der Waals surface area contributed by atoms with Crippen LogP contribution < -0.4 is 0 Å². The summed E-state index contributed by atoms with van der Waals surface area (Å²) in [6.45, 7) is 3.66. The van der Waals surface area contributed by atoms with Gasteiger partial charge in [0.05, 0.1) is 6.67 Å². The zero-order valence-corrected chi connectivity index (χ0v) is 8.71. The van der Waals surface area contributed by atoms with Crippen LogP contribution in [0.4, 0.5) is 0 Å². The summed E-state index contributed by atoms with van der Waals surface area (Å²) >= 11 is 5.65. The Morgan fingerprint density at radius 1 is 1.69 bits per heavy atom. The zero-order chi connectivity index (χ0) is 10.2. The third-order valence-corrected chi connectivity index (χ3v) is 2.38. The minimum Gasteiger partial charge on any atom is -0.326 e. The maximum Gasteiger partial charge on any atom is 0.246 e. The molecule has 4 nitrogen and oxygen atoms in total. The number of amides is 2. The number of alkyl halides is 1. The van der Waals surface area contributed by atoms with E-state index in [4.69, 9.17) is 11.6 Å². The summed E-state index contributed by atoms with van der Waals surface area (Å²) in [5.41, 5.74) is 0. The van der Waals surface area contributed by atoms with Gasteiger partial charge in [0.1, 0.15) is 11.4 Å². The minimum atomic E-state index is -0.568. The fourth-order valence-corrected chi connectivity index (χ4v) is 1.49. The molecule has 0 bridgehead atoms. The average Bonchev–Trinajstić information content (AvgIpc) is 2.31. The maximum atomic E-state index is 11.5. The van der Waals surface area contributed by atoms with Crippen LogP contribution >= 0.6 is 11.6 Å². The lowest BCUT2D eigenvalue weighted by Crippen LogP contribution is -2.39. The Hall–Kier alpha value is -0.770. The first-order valence-electron chi connectivity index (χ1n) is 4.14. The second-order valence-electron chi connectivity index (χ2n) is 3.28. The number of nitrogens with zero attached hydrogens (tertiary/aromatic N) is 2. The first-order chi connectivity index (χ1) is 5.95. The number of carbonyl (C=O) groups excluding carboxylic acids is 2. The van der Waals surface area contributed by atoms with Crippen molar-refractivity contribution in [3.8, 4) is 0 Å². The van der Waals surface area contributed by atoms with E-state index in [0.717, 1.165) is 0 Å². The third-order valence-electron chi connectivity index (χ3n) is 2.19. The average molecular weight is 205 g/mol. The second-order valence-corrected chi connectivity index (χ2v) is 3.93. The molecule has 13 heavy (non-hydrogen) atoms. The molecular weight excluding hydrogens is 192 g/mol. The molecule has 74 valence electrons. The lowest BCUT2D eigenvalue weighted by molar-refractivity contribution is -0.134. The van der Waals surface area contributed by atoms with Gasteiger partial charge in [-0.3, -0.25) is 9.59 Å². The van der Waals surface area contributed by atoms with Gasteiger partial charge in [-0.2, -0.15) is 0 Å². The Morgan fingerprint density at radius 3 is 2.54 bits per heavy atom. The van der Waals surface area contributed by atoms with Gasteiger partial charge in [0.15, 0.2) is 0 Å². The smallest absolute Gasteiger partial charge is 0.246 e. The highest BCUT2D eigenvalue weighted by Gasteiger charge is 2.36. The van der Waals surface area contributed by atoms with Gasteiger partial charge in [-0.1, -0.05) is 0 Å². The van der Waals surface area contributed by atoms with E-state index in [0.29, 0.717) is 6.67 Å². The minimum absolute atomic E-state index is 0.0364. The molecule has 5 heteroatoms. The monoisotopic (exact) mass is 204 g/mol. The summed E-state index contributed by atoms with van der Waals surface area (Å²) in [5.74, 6) is -0.225.